The van der Waals surface area contributed by atoms with Crippen LogP contribution in [0.5, 0.6) is 0 Å². The summed E-state index contributed by atoms with van der Waals surface area (Å²) in [5.74, 6) is 0. The van der Waals surface area contributed by atoms with Gasteiger partial charge in [-0.1, -0.05) is 40.9 Å². The van der Waals surface area contributed by atoms with E-state index in [-0.39, 0.29) is 5.56 Å². The van der Waals surface area contributed by atoms with Crippen molar-refractivity contribution in [3.63, 3.8) is 0 Å². The van der Waals surface area contributed by atoms with Crippen molar-refractivity contribution < 1.29 is 0 Å². The molecule has 0 amide bonds. The van der Waals surface area contributed by atoms with Gasteiger partial charge in [0.05, 0.1) is 15.1 Å². The lowest BCUT2D eigenvalue weighted by Gasteiger charge is -2.06. The number of rotatable bonds is 1. The minimum atomic E-state index is -0.195. The molecule has 0 atom stereocenters. The molecule has 16 heavy (non-hydrogen) atoms. The highest BCUT2D eigenvalue weighted by Gasteiger charge is 2.08. The van der Waals surface area contributed by atoms with E-state index in [0.717, 1.165) is 0 Å². The average molecular weight is 275 g/mol. The summed E-state index contributed by atoms with van der Waals surface area (Å²) in [6.07, 6.45) is 0. The van der Waals surface area contributed by atoms with Crippen LogP contribution >= 0.6 is 34.8 Å². The number of aromatic amines is 1. The third kappa shape index (κ3) is 2.24. The van der Waals surface area contributed by atoms with E-state index < -0.39 is 0 Å². The molecule has 2 rings (SSSR count). The molecule has 82 valence electrons. The Labute approximate surface area is 107 Å². The minimum Gasteiger partial charge on any atom is -0.322 e. The van der Waals surface area contributed by atoms with E-state index in [4.69, 9.17) is 34.8 Å². The smallest absolute Gasteiger partial charge is 0.248 e. The van der Waals surface area contributed by atoms with Gasteiger partial charge in [0.15, 0.2) is 0 Å². The lowest BCUT2D eigenvalue weighted by Crippen LogP contribution is -2.03. The number of halogens is 3. The van der Waals surface area contributed by atoms with Crippen LogP contribution < -0.4 is 5.56 Å². The molecule has 0 unspecified atom stereocenters. The van der Waals surface area contributed by atoms with Gasteiger partial charge in [-0.05, 0) is 18.2 Å². The van der Waals surface area contributed by atoms with Gasteiger partial charge in [0, 0.05) is 17.3 Å². The lowest BCUT2D eigenvalue weighted by atomic mass is 10.1. The Kier molecular flexibility index (Phi) is 3.24. The standard InChI is InChI=1S/C11H6Cl3NO/c12-7-5-9(14)8(13)4-6(7)10-2-1-3-11(16)15-10/h1-5H,(H,15,16). The highest BCUT2D eigenvalue weighted by Crippen LogP contribution is 2.33. The van der Waals surface area contributed by atoms with Crippen molar-refractivity contribution in [3.05, 3.63) is 55.8 Å². The van der Waals surface area contributed by atoms with E-state index >= 15 is 0 Å². The minimum absolute atomic E-state index is 0.195. The van der Waals surface area contributed by atoms with E-state index in [1.54, 1.807) is 24.3 Å². The van der Waals surface area contributed by atoms with Gasteiger partial charge >= 0.3 is 0 Å². The number of nitrogens with one attached hydrogen (secondary N) is 1. The second-order valence-corrected chi connectivity index (χ2v) is 4.40. The Balaban J connectivity index is 2.65. The monoisotopic (exact) mass is 273 g/mol. The molecular weight excluding hydrogens is 268 g/mol. The number of pyridine rings is 1. The number of hydrogen-bond acceptors (Lipinski definition) is 1. The number of aromatic nitrogens is 1. The zero-order valence-corrected chi connectivity index (χ0v) is 10.2. The summed E-state index contributed by atoms with van der Waals surface area (Å²) < 4.78 is 0. The summed E-state index contributed by atoms with van der Waals surface area (Å²) >= 11 is 17.7. The van der Waals surface area contributed by atoms with Crippen LogP contribution in [0.4, 0.5) is 0 Å². The van der Waals surface area contributed by atoms with Crippen LogP contribution in [-0.4, -0.2) is 4.98 Å². The van der Waals surface area contributed by atoms with Gasteiger partial charge in [0.25, 0.3) is 0 Å². The zero-order valence-electron chi connectivity index (χ0n) is 7.93. The topological polar surface area (TPSA) is 32.9 Å². The highest BCUT2D eigenvalue weighted by atomic mass is 35.5. The Bertz CT molecular complexity index is 592. The van der Waals surface area contributed by atoms with E-state index in [1.807, 2.05) is 0 Å². The maximum atomic E-state index is 11.2. The van der Waals surface area contributed by atoms with Gasteiger partial charge in [0.1, 0.15) is 0 Å². The predicted molar refractivity (Wildman–Crippen MR) is 67.5 cm³/mol. The maximum Gasteiger partial charge on any atom is 0.248 e. The van der Waals surface area contributed by atoms with Gasteiger partial charge in [-0.3, -0.25) is 4.79 Å². The fourth-order valence-corrected chi connectivity index (χ4v) is 1.98. The number of H-pyrrole nitrogens is 1. The fraction of sp³-hybridized carbons (Fsp3) is 0. The molecular formula is C11H6Cl3NO. The predicted octanol–water partition coefficient (Wildman–Crippen LogP) is 4.00. The summed E-state index contributed by atoms with van der Waals surface area (Å²) in [4.78, 5) is 13.8. The van der Waals surface area contributed by atoms with E-state index in [9.17, 15) is 4.79 Å². The molecule has 0 saturated carbocycles. The molecule has 0 aliphatic carbocycles. The first-order chi connectivity index (χ1) is 7.58. The van der Waals surface area contributed by atoms with E-state index in [2.05, 4.69) is 4.98 Å². The van der Waals surface area contributed by atoms with Gasteiger partial charge in [0.2, 0.25) is 5.56 Å². The Morgan fingerprint density at radius 3 is 2.31 bits per heavy atom. The quantitative estimate of drug-likeness (QED) is 0.783. The van der Waals surface area contributed by atoms with Gasteiger partial charge in [-0.2, -0.15) is 0 Å². The van der Waals surface area contributed by atoms with Crippen molar-refractivity contribution in [2.75, 3.05) is 0 Å². The van der Waals surface area contributed by atoms with Crippen LogP contribution in [-0.2, 0) is 0 Å². The van der Waals surface area contributed by atoms with Gasteiger partial charge in [-0.25, -0.2) is 0 Å². The summed E-state index contributed by atoms with van der Waals surface area (Å²) in [6.45, 7) is 0. The van der Waals surface area contributed by atoms with Crippen molar-refractivity contribution >= 4 is 34.8 Å². The van der Waals surface area contributed by atoms with Crippen molar-refractivity contribution in [1.29, 1.82) is 0 Å². The second kappa shape index (κ2) is 4.50. The van der Waals surface area contributed by atoms with Crippen molar-refractivity contribution in [3.8, 4) is 11.3 Å². The van der Waals surface area contributed by atoms with Crippen molar-refractivity contribution in [2.45, 2.75) is 0 Å². The summed E-state index contributed by atoms with van der Waals surface area (Å²) in [7, 11) is 0. The molecule has 5 heteroatoms. The summed E-state index contributed by atoms with van der Waals surface area (Å²) in [5, 5.41) is 1.22. The van der Waals surface area contributed by atoms with Crippen LogP contribution in [0.3, 0.4) is 0 Å². The third-order valence-electron chi connectivity index (χ3n) is 2.07. The normalized spacial score (nSPS) is 10.4. The molecule has 2 nitrogen and oxygen atoms in total. The molecule has 1 aromatic carbocycles. The average Bonchev–Trinajstić information content (AvgIpc) is 2.23. The first kappa shape index (κ1) is 11.5. The maximum absolute atomic E-state index is 11.2. The van der Waals surface area contributed by atoms with Crippen LogP contribution in [0, 0.1) is 0 Å². The van der Waals surface area contributed by atoms with Crippen molar-refractivity contribution in [2.24, 2.45) is 0 Å². The number of hydrogen-bond donors (Lipinski definition) is 1. The molecule has 0 aliphatic rings. The Morgan fingerprint density at radius 1 is 0.938 bits per heavy atom. The van der Waals surface area contributed by atoms with E-state index in [1.165, 1.54) is 6.07 Å². The lowest BCUT2D eigenvalue weighted by molar-refractivity contribution is 1.24. The van der Waals surface area contributed by atoms with Crippen molar-refractivity contribution in [1.82, 2.24) is 4.98 Å². The molecule has 0 saturated heterocycles. The van der Waals surface area contributed by atoms with Gasteiger partial charge in [-0.15, -0.1) is 0 Å². The molecule has 2 aromatic rings. The molecule has 0 fully saturated rings. The first-order valence-electron chi connectivity index (χ1n) is 4.42. The molecule has 1 N–H and O–H groups in total. The van der Waals surface area contributed by atoms with Crippen LogP contribution in [0.2, 0.25) is 15.1 Å². The summed E-state index contributed by atoms with van der Waals surface area (Å²) in [6, 6.07) is 7.98. The Morgan fingerprint density at radius 2 is 1.62 bits per heavy atom. The van der Waals surface area contributed by atoms with Crippen LogP contribution in [0.15, 0.2) is 35.1 Å². The first-order valence-corrected chi connectivity index (χ1v) is 5.55. The summed E-state index contributed by atoms with van der Waals surface area (Å²) in [5.41, 5.74) is 1.06. The van der Waals surface area contributed by atoms with Crippen LogP contribution in [0.1, 0.15) is 0 Å². The highest BCUT2D eigenvalue weighted by molar-refractivity contribution is 6.44. The molecule has 0 aliphatic heterocycles. The molecule has 1 heterocycles. The SMILES string of the molecule is O=c1cccc(-c2cc(Cl)c(Cl)cc2Cl)[nH]1. The van der Waals surface area contributed by atoms with E-state index in [0.29, 0.717) is 26.3 Å². The largest absolute Gasteiger partial charge is 0.322 e. The Hall–Kier alpha value is -0.960. The number of benzene rings is 1. The third-order valence-corrected chi connectivity index (χ3v) is 3.10. The zero-order chi connectivity index (χ0) is 11.7. The molecule has 1 aromatic heterocycles. The van der Waals surface area contributed by atoms with Gasteiger partial charge < -0.3 is 4.98 Å². The van der Waals surface area contributed by atoms with Crippen LogP contribution in [0.25, 0.3) is 11.3 Å². The molecule has 0 spiro atoms. The molecule has 0 radical (unpaired) electrons. The fourth-order valence-electron chi connectivity index (χ4n) is 1.33. The second-order valence-electron chi connectivity index (χ2n) is 3.17. The molecule has 0 bridgehead atoms.